The fraction of sp³-hybridized carbons (Fsp3) is 0.500. The Balaban J connectivity index is 2.43. The second-order valence-corrected chi connectivity index (χ2v) is 6.74. The molecule has 0 unspecified atom stereocenters. The van der Waals surface area contributed by atoms with Crippen LogP contribution in [0.1, 0.15) is 42.6 Å². The van der Waals surface area contributed by atoms with Crippen molar-refractivity contribution in [3.05, 3.63) is 34.3 Å². The van der Waals surface area contributed by atoms with Gasteiger partial charge < -0.3 is 5.11 Å². The number of rotatable bonds is 3. The highest BCUT2D eigenvalue weighted by Crippen LogP contribution is 2.42. The fourth-order valence-corrected chi connectivity index (χ4v) is 2.67. The standard InChI is InChI=1S/C16H18ClF3N2O2/c1-9(2)6-12-8-15(24,16(18,19)20)22(21-12)14(23)11-5-4-10(3)13(17)7-11/h4-5,7,9,24H,6,8H2,1-3H3/t15-/m1/s1. The van der Waals surface area contributed by atoms with E-state index in [1.807, 2.05) is 13.8 Å². The summed E-state index contributed by atoms with van der Waals surface area (Å²) in [6, 6.07) is 4.15. The van der Waals surface area contributed by atoms with E-state index in [1.54, 1.807) is 6.92 Å². The smallest absolute Gasteiger partial charge is 0.362 e. The van der Waals surface area contributed by atoms with Gasteiger partial charge in [-0.3, -0.25) is 4.79 Å². The zero-order chi connectivity index (χ0) is 18.3. The Bertz CT molecular complexity index is 688. The molecule has 2 rings (SSSR count). The molecule has 1 atom stereocenters. The van der Waals surface area contributed by atoms with Gasteiger partial charge >= 0.3 is 6.18 Å². The Morgan fingerprint density at radius 1 is 1.46 bits per heavy atom. The van der Waals surface area contributed by atoms with Gasteiger partial charge in [0.15, 0.2) is 0 Å². The molecule has 0 radical (unpaired) electrons. The van der Waals surface area contributed by atoms with Crippen LogP contribution < -0.4 is 0 Å². The molecule has 0 aromatic heterocycles. The minimum Gasteiger partial charge on any atom is -0.362 e. The lowest BCUT2D eigenvalue weighted by atomic mass is 9.99. The predicted molar refractivity (Wildman–Crippen MR) is 84.9 cm³/mol. The van der Waals surface area contributed by atoms with Gasteiger partial charge in [-0.2, -0.15) is 23.3 Å². The van der Waals surface area contributed by atoms with Gasteiger partial charge in [0, 0.05) is 22.7 Å². The average molecular weight is 363 g/mol. The molecule has 1 aromatic rings. The van der Waals surface area contributed by atoms with E-state index in [0.29, 0.717) is 5.56 Å². The largest absolute Gasteiger partial charge is 0.438 e. The molecule has 1 amide bonds. The summed E-state index contributed by atoms with van der Waals surface area (Å²) in [5, 5.41) is 14.3. The molecule has 0 saturated carbocycles. The van der Waals surface area contributed by atoms with E-state index in [9.17, 15) is 23.1 Å². The highest BCUT2D eigenvalue weighted by atomic mass is 35.5. The number of hydrogen-bond donors (Lipinski definition) is 1. The molecule has 1 aliphatic rings. The lowest BCUT2D eigenvalue weighted by Crippen LogP contribution is -2.56. The summed E-state index contributed by atoms with van der Waals surface area (Å²) in [5.41, 5.74) is -2.59. The number of aryl methyl sites for hydroxylation is 1. The average Bonchev–Trinajstić information content (AvgIpc) is 2.78. The van der Waals surface area contributed by atoms with Crippen LogP contribution in [0, 0.1) is 12.8 Å². The van der Waals surface area contributed by atoms with Crippen LogP contribution in [0.4, 0.5) is 13.2 Å². The van der Waals surface area contributed by atoms with Crippen molar-refractivity contribution in [1.82, 2.24) is 5.01 Å². The van der Waals surface area contributed by atoms with Crippen LogP contribution in [0.5, 0.6) is 0 Å². The third-order valence-electron chi connectivity index (χ3n) is 3.75. The molecular formula is C16H18ClF3N2O2. The maximum atomic E-state index is 13.4. The Kier molecular flexibility index (Phi) is 4.97. The van der Waals surface area contributed by atoms with E-state index in [-0.39, 0.29) is 33.6 Å². The number of amides is 1. The van der Waals surface area contributed by atoms with Gasteiger partial charge in [0.1, 0.15) is 0 Å². The third-order valence-corrected chi connectivity index (χ3v) is 4.16. The summed E-state index contributed by atoms with van der Waals surface area (Å²) in [6.45, 7) is 5.34. The van der Waals surface area contributed by atoms with Crippen molar-refractivity contribution in [2.75, 3.05) is 0 Å². The summed E-state index contributed by atoms with van der Waals surface area (Å²) in [4.78, 5) is 12.5. The zero-order valence-corrected chi connectivity index (χ0v) is 14.2. The topological polar surface area (TPSA) is 52.9 Å². The lowest BCUT2D eigenvalue weighted by molar-refractivity contribution is -0.297. The molecule has 1 heterocycles. The molecule has 1 N–H and O–H groups in total. The highest BCUT2D eigenvalue weighted by molar-refractivity contribution is 6.31. The second kappa shape index (κ2) is 6.37. The molecule has 0 spiro atoms. The number of hydrogen-bond acceptors (Lipinski definition) is 3. The van der Waals surface area contributed by atoms with Gasteiger partial charge in [0.05, 0.1) is 0 Å². The second-order valence-electron chi connectivity index (χ2n) is 6.34. The normalized spacial score (nSPS) is 21.4. The lowest BCUT2D eigenvalue weighted by Gasteiger charge is -2.32. The van der Waals surface area contributed by atoms with Crippen molar-refractivity contribution in [3.8, 4) is 0 Å². The van der Waals surface area contributed by atoms with E-state index in [2.05, 4.69) is 5.10 Å². The van der Waals surface area contributed by atoms with Gasteiger partial charge in [-0.15, -0.1) is 0 Å². The first-order valence-electron chi connectivity index (χ1n) is 7.42. The van der Waals surface area contributed by atoms with Gasteiger partial charge in [0.2, 0.25) is 0 Å². The minimum atomic E-state index is -5.03. The van der Waals surface area contributed by atoms with E-state index >= 15 is 0 Å². The Labute approximate surface area is 142 Å². The summed E-state index contributed by atoms with van der Waals surface area (Å²) in [6.07, 6.45) is -5.52. The van der Waals surface area contributed by atoms with Crippen molar-refractivity contribution in [2.45, 2.75) is 45.5 Å². The number of carbonyl (C=O) groups is 1. The number of hydrazone groups is 1. The molecule has 0 aliphatic carbocycles. The predicted octanol–water partition coefficient (Wildman–Crippen LogP) is 4.15. The number of carbonyl (C=O) groups excluding carboxylic acids is 1. The molecule has 132 valence electrons. The van der Waals surface area contributed by atoms with Crippen LogP contribution in [0.3, 0.4) is 0 Å². The summed E-state index contributed by atoms with van der Waals surface area (Å²) in [7, 11) is 0. The van der Waals surface area contributed by atoms with Crippen molar-refractivity contribution >= 4 is 23.2 Å². The molecule has 0 bridgehead atoms. The van der Waals surface area contributed by atoms with Crippen molar-refractivity contribution in [2.24, 2.45) is 11.0 Å². The van der Waals surface area contributed by atoms with Crippen LogP contribution in [0.15, 0.2) is 23.3 Å². The molecule has 24 heavy (non-hydrogen) atoms. The number of halogens is 4. The van der Waals surface area contributed by atoms with Gasteiger partial charge in [0.25, 0.3) is 11.6 Å². The maximum absolute atomic E-state index is 13.4. The molecule has 0 saturated heterocycles. The number of alkyl halides is 3. The fourth-order valence-electron chi connectivity index (χ4n) is 2.49. The van der Waals surface area contributed by atoms with E-state index < -0.39 is 24.2 Å². The Morgan fingerprint density at radius 2 is 2.08 bits per heavy atom. The molecular weight excluding hydrogens is 345 g/mol. The quantitative estimate of drug-likeness (QED) is 0.878. The SMILES string of the molecule is Cc1ccc(C(=O)N2N=C(CC(C)C)C[C@@]2(O)C(F)(F)F)cc1Cl. The third kappa shape index (κ3) is 3.42. The summed E-state index contributed by atoms with van der Waals surface area (Å²) in [5.74, 6) is -0.999. The van der Waals surface area contributed by atoms with E-state index in [1.165, 1.54) is 18.2 Å². The Hall–Kier alpha value is -1.60. The first kappa shape index (κ1) is 18.7. The van der Waals surface area contributed by atoms with Crippen molar-refractivity contribution in [3.63, 3.8) is 0 Å². The van der Waals surface area contributed by atoms with Crippen molar-refractivity contribution in [1.29, 1.82) is 0 Å². The van der Waals surface area contributed by atoms with Crippen LogP contribution >= 0.6 is 11.6 Å². The number of nitrogens with zero attached hydrogens (tertiary/aromatic N) is 2. The monoisotopic (exact) mass is 362 g/mol. The van der Waals surface area contributed by atoms with Crippen molar-refractivity contribution < 1.29 is 23.1 Å². The molecule has 1 aliphatic heterocycles. The number of benzene rings is 1. The zero-order valence-electron chi connectivity index (χ0n) is 13.5. The van der Waals surface area contributed by atoms with Crippen LogP contribution in [0.2, 0.25) is 5.02 Å². The molecule has 8 heteroatoms. The van der Waals surface area contributed by atoms with E-state index in [4.69, 9.17) is 11.6 Å². The Morgan fingerprint density at radius 3 is 2.58 bits per heavy atom. The maximum Gasteiger partial charge on any atom is 0.438 e. The van der Waals surface area contributed by atoms with Gasteiger partial charge in [-0.1, -0.05) is 31.5 Å². The summed E-state index contributed by atoms with van der Waals surface area (Å²) < 4.78 is 40.1. The van der Waals surface area contributed by atoms with E-state index in [0.717, 1.165) is 0 Å². The first-order valence-corrected chi connectivity index (χ1v) is 7.79. The van der Waals surface area contributed by atoms with Gasteiger partial charge in [-0.05, 0) is 37.0 Å². The minimum absolute atomic E-state index is 0.0464. The highest BCUT2D eigenvalue weighted by Gasteiger charge is 2.63. The molecule has 4 nitrogen and oxygen atoms in total. The van der Waals surface area contributed by atoms with Crippen LogP contribution in [0.25, 0.3) is 0 Å². The molecule has 0 fully saturated rings. The van der Waals surface area contributed by atoms with Crippen LogP contribution in [-0.2, 0) is 0 Å². The van der Waals surface area contributed by atoms with Crippen LogP contribution in [-0.4, -0.2) is 33.6 Å². The van der Waals surface area contributed by atoms with Gasteiger partial charge in [-0.25, -0.2) is 0 Å². The number of aliphatic hydroxyl groups is 1. The molecule has 1 aromatic carbocycles. The summed E-state index contributed by atoms with van der Waals surface area (Å²) >= 11 is 5.93. The first-order chi connectivity index (χ1) is 11.0.